The standard InChI is InChI=1S/C15H29N3O3/c1-11(2)8-17(7-6-16(4)5)15(21)18-9-13(10-18)12(3)14(19)20/h11-13H,6-10H2,1-5H3,(H,19,20). The highest BCUT2D eigenvalue weighted by Crippen LogP contribution is 2.25. The fraction of sp³-hybridized carbons (Fsp3) is 0.867. The van der Waals surface area contributed by atoms with E-state index in [1.165, 1.54) is 0 Å². The van der Waals surface area contributed by atoms with E-state index >= 15 is 0 Å². The Labute approximate surface area is 127 Å². The summed E-state index contributed by atoms with van der Waals surface area (Å²) in [4.78, 5) is 29.2. The minimum Gasteiger partial charge on any atom is -0.481 e. The molecule has 1 fully saturated rings. The Balaban J connectivity index is 2.52. The van der Waals surface area contributed by atoms with Crippen molar-refractivity contribution in [3.8, 4) is 0 Å². The van der Waals surface area contributed by atoms with Gasteiger partial charge in [-0.3, -0.25) is 4.79 Å². The van der Waals surface area contributed by atoms with E-state index in [2.05, 4.69) is 18.7 Å². The van der Waals surface area contributed by atoms with Crippen LogP contribution in [0.3, 0.4) is 0 Å². The molecule has 6 nitrogen and oxygen atoms in total. The molecule has 1 unspecified atom stereocenters. The number of carboxylic acid groups (broad SMARTS) is 1. The third kappa shape index (κ3) is 5.19. The lowest BCUT2D eigenvalue weighted by atomic mass is 9.87. The quantitative estimate of drug-likeness (QED) is 0.769. The molecule has 0 aromatic carbocycles. The zero-order valence-corrected chi connectivity index (χ0v) is 13.9. The molecule has 1 aliphatic rings. The second kappa shape index (κ2) is 7.64. The number of hydrogen-bond acceptors (Lipinski definition) is 3. The van der Waals surface area contributed by atoms with Gasteiger partial charge in [0.05, 0.1) is 5.92 Å². The summed E-state index contributed by atoms with van der Waals surface area (Å²) in [6.07, 6.45) is 0. The third-order valence-electron chi connectivity index (χ3n) is 3.95. The lowest BCUT2D eigenvalue weighted by Crippen LogP contribution is -2.58. The molecule has 1 atom stereocenters. The van der Waals surface area contributed by atoms with E-state index in [-0.39, 0.29) is 17.9 Å². The number of carboxylic acids is 1. The van der Waals surface area contributed by atoms with Crippen molar-refractivity contribution in [1.29, 1.82) is 0 Å². The van der Waals surface area contributed by atoms with Crippen LogP contribution in [0.25, 0.3) is 0 Å². The van der Waals surface area contributed by atoms with Gasteiger partial charge >= 0.3 is 12.0 Å². The van der Waals surface area contributed by atoms with Gasteiger partial charge in [-0.2, -0.15) is 0 Å². The Morgan fingerprint density at radius 2 is 1.76 bits per heavy atom. The zero-order chi connectivity index (χ0) is 16.2. The van der Waals surface area contributed by atoms with Crippen molar-refractivity contribution in [3.05, 3.63) is 0 Å². The molecule has 1 N–H and O–H groups in total. The summed E-state index contributed by atoms with van der Waals surface area (Å²) in [5, 5.41) is 9.00. The Morgan fingerprint density at radius 1 is 1.19 bits per heavy atom. The monoisotopic (exact) mass is 299 g/mol. The summed E-state index contributed by atoms with van der Waals surface area (Å²) in [6, 6.07) is 0.0411. The van der Waals surface area contributed by atoms with Crippen molar-refractivity contribution >= 4 is 12.0 Å². The molecule has 1 aliphatic heterocycles. The summed E-state index contributed by atoms with van der Waals surface area (Å²) >= 11 is 0. The average Bonchev–Trinajstić information content (AvgIpc) is 2.31. The van der Waals surface area contributed by atoms with Gasteiger partial charge in [0.25, 0.3) is 0 Å². The lowest BCUT2D eigenvalue weighted by molar-refractivity contribution is -0.144. The number of nitrogens with zero attached hydrogens (tertiary/aromatic N) is 3. The Morgan fingerprint density at radius 3 is 2.19 bits per heavy atom. The van der Waals surface area contributed by atoms with Crippen molar-refractivity contribution in [2.45, 2.75) is 20.8 Å². The van der Waals surface area contributed by atoms with Crippen molar-refractivity contribution in [2.75, 3.05) is 46.8 Å². The molecule has 2 amide bonds. The molecule has 1 saturated heterocycles. The first-order chi connectivity index (χ1) is 9.72. The fourth-order valence-electron chi connectivity index (χ4n) is 2.41. The number of likely N-dealkylation sites (N-methyl/N-ethyl adjacent to an activating group) is 1. The van der Waals surface area contributed by atoms with E-state index in [9.17, 15) is 9.59 Å². The molecule has 1 heterocycles. The average molecular weight is 299 g/mol. The van der Waals surface area contributed by atoms with Crippen LogP contribution in [0, 0.1) is 17.8 Å². The van der Waals surface area contributed by atoms with Crippen LogP contribution in [0.5, 0.6) is 0 Å². The molecule has 0 aromatic rings. The molecule has 0 aromatic heterocycles. The smallest absolute Gasteiger partial charge is 0.320 e. The number of amides is 2. The number of aliphatic carboxylic acids is 1. The highest BCUT2D eigenvalue weighted by atomic mass is 16.4. The molecule has 0 aliphatic carbocycles. The van der Waals surface area contributed by atoms with Crippen molar-refractivity contribution in [2.24, 2.45) is 17.8 Å². The van der Waals surface area contributed by atoms with E-state index < -0.39 is 5.97 Å². The maximum atomic E-state index is 12.5. The lowest BCUT2D eigenvalue weighted by Gasteiger charge is -2.44. The molecule has 0 spiro atoms. The van der Waals surface area contributed by atoms with Gasteiger partial charge in [0.2, 0.25) is 0 Å². The SMILES string of the molecule is CC(C)CN(CCN(C)C)C(=O)N1CC(C(C)C(=O)O)C1. The van der Waals surface area contributed by atoms with Crippen LogP contribution in [-0.2, 0) is 4.79 Å². The normalized spacial score (nSPS) is 17.0. The molecule has 21 heavy (non-hydrogen) atoms. The summed E-state index contributed by atoms with van der Waals surface area (Å²) in [5.41, 5.74) is 0. The second-order valence-corrected chi connectivity index (χ2v) is 6.72. The summed E-state index contributed by atoms with van der Waals surface area (Å²) in [7, 11) is 3.98. The van der Waals surface area contributed by atoms with Gasteiger partial charge in [-0.25, -0.2) is 4.79 Å². The predicted octanol–water partition coefficient (Wildman–Crippen LogP) is 1.28. The third-order valence-corrected chi connectivity index (χ3v) is 3.95. The van der Waals surface area contributed by atoms with E-state index in [0.717, 1.165) is 13.1 Å². The largest absolute Gasteiger partial charge is 0.481 e. The Bertz CT molecular complexity index is 365. The number of likely N-dealkylation sites (tertiary alicyclic amines) is 1. The summed E-state index contributed by atoms with van der Waals surface area (Å²) in [6.45, 7) is 9.31. The van der Waals surface area contributed by atoms with Crippen LogP contribution >= 0.6 is 0 Å². The van der Waals surface area contributed by atoms with Gasteiger partial charge in [0.1, 0.15) is 0 Å². The molecular weight excluding hydrogens is 270 g/mol. The number of carbonyl (C=O) groups is 2. The fourth-order valence-corrected chi connectivity index (χ4v) is 2.41. The van der Waals surface area contributed by atoms with E-state index in [1.807, 2.05) is 19.0 Å². The maximum Gasteiger partial charge on any atom is 0.320 e. The van der Waals surface area contributed by atoms with Crippen LogP contribution in [0.2, 0.25) is 0 Å². The molecule has 0 radical (unpaired) electrons. The Hall–Kier alpha value is -1.30. The minimum atomic E-state index is -0.779. The van der Waals surface area contributed by atoms with Crippen molar-refractivity contribution in [3.63, 3.8) is 0 Å². The van der Waals surface area contributed by atoms with E-state index in [1.54, 1.807) is 11.8 Å². The first-order valence-corrected chi connectivity index (χ1v) is 7.63. The zero-order valence-electron chi connectivity index (χ0n) is 13.9. The minimum absolute atomic E-state index is 0.0411. The van der Waals surface area contributed by atoms with E-state index in [0.29, 0.717) is 25.6 Å². The number of hydrogen-bond donors (Lipinski definition) is 1. The van der Waals surface area contributed by atoms with Crippen LogP contribution in [0.4, 0.5) is 4.79 Å². The Kier molecular flexibility index (Phi) is 6.45. The van der Waals surface area contributed by atoms with Gasteiger partial charge in [-0.05, 0) is 20.0 Å². The first kappa shape index (κ1) is 17.8. The first-order valence-electron chi connectivity index (χ1n) is 7.63. The topological polar surface area (TPSA) is 64.1 Å². The number of urea groups is 1. The van der Waals surface area contributed by atoms with Gasteiger partial charge < -0.3 is 19.8 Å². The predicted molar refractivity (Wildman–Crippen MR) is 82.2 cm³/mol. The number of carbonyl (C=O) groups excluding carboxylic acids is 1. The van der Waals surface area contributed by atoms with Gasteiger partial charge in [0, 0.05) is 38.6 Å². The van der Waals surface area contributed by atoms with Crippen molar-refractivity contribution < 1.29 is 14.7 Å². The maximum absolute atomic E-state index is 12.5. The van der Waals surface area contributed by atoms with Crippen LogP contribution < -0.4 is 0 Å². The second-order valence-electron chi connectivity index (χ2n) is 6.72. The number of rotatable bonds is 7. The van der Waals surface area contributed by atoms with E-state index in [4.69, 9.17) is 5.11 Å². The van der Waals surface area contributed by atoms with Crippen LogP contribution in [0.15, 0.2) is 0 Å². The highest BCUT2D eigenvalue weighted by molar-refractivity contribution is 5.76. The molecular formula is C15H29N3O3. The highest BCUT2D eigenvalue weighted by Gasteiger charge is 2.38. The van der Waals surface area contributed by atoms with Gasteiger partial charge in [-0.15, -0.1) is 0 Å². The van der Waals surface area contributed by atoms with Crippen molar-refractivity contribution in [1.82, 2.24) is 14.7 Å². The van der Waals surface area contributed by atoms with Crippen LogP contribution in [0.1, 0.15) is 20.8 Å². The van der Waals surface area contributed by atoms with Gasteiger partial charge in [-0.1, -0.05) is 20.8 Å². The van der Waals surface area contributed by atoms with Gasteiger partial charge in [0.15, 0.2) is 0 Å². The molecule has 0 bridgehead atoms. The molecule has 0 saturated carbocycles. The molecule has 122 valence electrons. The summed E-state index contributed by atoms with van der Waals surface area (Å²) in [5.74, 6) is -0.652. The van der Waals surface area contributed by atoms with Crippen LogP contribution in [-0.4, -0.2) is 78.6 Å². The molecule has 1 rings (SSSR count). The summed E-state index contributed by atoms with van der Waals surface area (Å²) < 4.78 is 0. The molecule has 6 heteroatoms.